The lowest BCUT2D eigenvalue weighted by atomic mass is 10.2. The van der Waals surface area contributed by atoms with E-state index in [-0.39, 0.29) is 34.9 Å². The molecule has 2 heterocycles. The van der Waals surface area contributed by atoms with Gasteiger partial charge in [0, 0.05) is 18.7 Å². The predicted octanol–water partition coefficient (Wildman–Crippen LogP) is 1.94. The third kappa shape index (κ3) is 2.72. The zero-order chi connectivity index (χ0) is 15.7. The van der Waals surface area contributed by atoms with Crippen LogP contribution in [-0.2, 0) is 9.59 Å². The lowest BCUT2D eigenvalue weighted by molar-refractivity contribution is -0.140. The number of carboxylic acids is 1. The Morgan fingerprint density at radius 1 is 1.32 bits per heavy atom. The highest BCUT2D eigenvalue weighted by Gasteiger charge is 2.43. The lowest BCUT2D eigenvalue weighted by Crippen LogP contribution is -2.39. The van der Waals surface area contributed by atoms with Gasteiger partial charge in [-0.1, -0.05) is 24.6 Å². The zero-order valence-corrected chi connectivity index (χ0v) is 12.7. The topological polar surface area (TPSA) is 87.6 Å². The molecule has 1 aliphatic carbocycles. The first-order chi connectivity index (χ1) is 10.6. The summed E-state index contributed by atoms with van der Waals surface area (Å²) >= 11 is 1.08. The third-order valence-electron chi connectivity index (χ3n) is 4.09. The van der Waals surface area contributed by atoms with Crippen LogP contribution in [0.25, 0.3) is 0 Å². The number of aromatic nitrogens is 1. The summed E-state index contributed by atoms with van der Waals surface area (Å²) in [5.74, 6) is -1.44. The number of nitrogens with zero attached hydrogens (tertiary/aromatic N) is 2. The fourth-order valence-corrected chi connectivity index (χ4v) is 4.16. The number of hydrogen-bond acceptors (Lipinski definition) is 5. The highest BCUT2D eigenvalue weighted by atomic mass is 32.2. The Morgan fingerprint density at radius 2 is 2.05 bits per heavy atom. The van der Waals surface area contributed by atoms with Crippen LogP contribution in [0.5, 0.6) is 0 Å². The lowest BCUT2D eigenvalue weighted by Gasteiger charge is -2.22. The van der Waals surface area contributed by atoms with Crippen LogP contribution in [0.15, 0.2) is 23.4 Å². The van der Waals surface area contributed by atoms with Crippen LogP contribution in [0.3, 0.4) is 0 Å². The predicted molar refractivity (Wildman–Crippen MR) is 79.6 cm³/mol. The second-order valence-corrected chi connectivity index (χ2v) is 6.70. The summed E-state index contributed by atoms with van der Waals surface area (Å²) in [5, 5.41) is 8.88. The molecule has 0 aromatic carbocycles. The molecule has 22 heavy (non-hydrogen) atoms. The number of likely N-dealkylation sites (tertiary alicyclic amines) is 1. The summed E-state index contributed by atoms with van der Waals surface area (Å²) in [6, 6.07) is 3.02. The molecule has 7 heteroatoms. The van der Waals surface area contributed by atoms with Crippen molar-refractivity contribution in [1.29, 1.82) is 0 Å². The Balaban J connectivity index is 1.78. The van der Waals surface area contributed by atoms with Crippen molar-refractivity contribution < 1.29 is 19.5 Å². The van der Waals surface area contributed by atoms with Crippen LogP contribution >= 0.6 is 11.8 Å². The summed E-state index contributed by atoms with van der Waals surface area (Å²) in [5.41, 5.74) is 0.0621. The Kier molecular flexibility index (Phi) is 4.15. The van der Waals surface area contributed by atoms with Gasteiger partial charge in [-0.25, -0.2) is 9.78 Å². The number of imide groups is 1. The number of carbonyl (C=O) groups excluding carboxylic acids is 2. The number of hydrogen-bond donors (Lipinski definition) is 1. The maximum atomic E-state index is 12.5. The highest BCUT2D eigenvalue weighted by molar-refractivity contribution is 8.00. The highest BCUT2D eigenvalue weighted by Crippen LogP contribution is 2.35. The fourth-order valence-electron chi connectivity index (χ4n) is 3.04. The normalized spacial score (nSPS) is 22.5. The molecule has 1 N–H and O–H groups in total. The molecule has 2 amide bonds. The van der Waals surface area contributed by atoms with Gasteiger partial charge in [-0.15, -0.1) is 0 Å². The monoisotopic (exact) mass is 320 g/mol. The Morgan fingerprint density at radius 3 is 2.73 bits per heavy atom. The standard InChI is InChI=1S/C15H16N2O4S/c18-12-8-11(14(19)17(12)9-4-1-2-5-9)22-13-10(15(20)21)6-3-7-16-13/h3,6-7,9,11H,1-2,4-5,8H2,(H,20,21)/t11-/m1/s1. The molecule has 1 aromatic heterocycles. The molecule has 1 atom stereocenters. The van der Waals surface area contributed by atoms with Gasteiger partial charge in [0.2, 0.25) is 11.8 Å². The van der Waals surface area contributed by atoms with Crippen LogP contribution < -0.4 is 0 Å². The molecule has 2 fully saturated rings. The Bertz CT molecular complexity index is 628. The van der Waals surface area contributed by atoms with E-state index >= 15 is 0 Å². The number of rotatable bonds is 4. The number of thioether (sulfide) groups is 1. The van der Waals surface area contributed by atoms with E-state index in [2.05, 4.69) is 4.98 Å². The maximum Gasteiger partial charge on any atom is 0.338 e. The van der Waals surface area contributed by atoms with Crippen LogP contribution in [0.1, 0.15) is 42.5 Å². The summed E-state index contributed by atoms with van der Waals surface area (Å²) in [6.07, 6.45) is 5.45. The van der Waals surface area contributed by atoms with Gasteiger partial charge in [-0.2, -0.15) is 0 Å². The fraction of sp³-hybridized carbons (Fsp3) is 0.467. The molecule has 0 unspecified atom stereocenters. The molecule has 2 aliphatic rings. The van der Waals surface area contributed by atoms with Crippen molar-refractivity contribution in [1.82, 2.24) is 9.88 Å². The van der Waals surface area contributed by atoms with E-state index in [0.717, 1.165) is 37.4 Å². The summed E-state index contributed by atoms with van der Waals surface area (Å²) in [6.45, 7) is 0. The smallest absolute Gasteiger partial charge is 0.338 e. The molecular weight excluding hydrogens is 304 g/mol. The SMILES string of the molecule is O=C(O)c1cccnc1S[C@@H]1CC(=O)N(C2CCCC2)C1=O. The van der Waals surface area contributed by atoms with Crippen molar-refractivity contribution in [3.63, 3.8) is 0 Å². The quantitative estimate of drug-likeness (QED) is 0.853. The molecule has 1 saturated heterocycles. The minimum absolute atomic E-state index is 0.0216. The number of carboxylic acid groups (broad SMARTS) is 1. The molecule has 0 radical (unpaired) electrons. The molecule has 116 valence electrons. The molecular formula is C15H16N2O4S. The molecule has 1 aliphatic heterocycles. The number of pyridine rings is 1. The van der Waals surface area contributed by atoms with Crippen molar-refractivity contribution in [2.45, 2.75) is 48.4 Å². The van der Waals surface area contributed by atoms with Crippen molar-refractivity contribution in [2.24, 2.45) is 0 Å². The Labute approximate surface area is 131 Å². The van der Waals surface area contributed by atoms with Crippen molar-refractivity contribution in [3.05, 3.63) is 23.9 Å². The van der Waals surface area contributed by atoms with Crippen LogP contribution in [0.2, 0.25) is 0 Å². The Hall–Kier alpha value is -1.89. The van der Waals surface area contributed by atoms with Gasteiger partial charge < -0.3 is 5.11 Å². The number of aromatic carboxylic acids is 1. The van der Waals surface area contributed by atoms with E-state index in [0.29, 0.717) is 0 Å². The van der Waals surface area contributed by atoms with Gasteiger partial charge in [-0.3, -0.25) is 14.5 Å². The van der Waals surface area contributed by atoms with Crippen LogP contribution in [0.4, 0.5) is 0 Å². The molecule has 3 rings (SSSR count). The van der Waals surface area contributed by atoms with Gasteiger partial charge in [0.25, 0.3) is 0 Å². The van der Waals surface area contributed by atoms with Gasteiger partial charge >= 0.3 is 5.97 Å². The number of carbonyl (C=O) groups is 3. The second-order valence-electron chi connectivity index (χ2n) is 5.51. The maximum absolute atomic E-state index is 12.5. The molecule has 1 saturated carbocycles. The zero-order valence-electron chi connectivity index (χ0n) is 11.9. The van der Waals surface area contributed by atoms with Crippen molar-refractivity contribution in [3.8, 4) is 0 Å². The minimum Gasteiger partial charge on any atom is -0.478 e. The van der Waals surface area contributed by atoms with E-state index in [1.807, 2.05) is 0 Å². The van der Waals surface area contributed by atoms with Crippen LogP contribution in [-0.4, -0.2) is 44.1 Å². The first-order valence-electron chi connectivity index (χ1n) is 7.29. The van der Waals surface area contributed by atoms with Crippen molar-refractivity contribution >= 4 is 29.5 Å². The van der Waals surface area contributed by atoms with Crippen LogP contribution in [0, 0.1) is 0 Å². The van der Waals surface area contributed by atoms with E-state index in [9.17, 15) is 14.4 Å². The number of amides is 2. The second kappa shape index (κ2) is 6.08. The first-order valence-corrected chi connectivity index (χ1v) is 8.16. The van der Waals surface area contributed by atoms with E-state index in [1.165, 1.54) is 17.2 Å². The van der Waals surface area contributed by atoms with Gasteiger partial charge in [-0.05, 0) is 25.0 Å². The average Bonchev–Trinajstić information content (AvgIpc) is 3.08. The van der Waals surface area contributed by atoms with Crippen molar-refractivity contribution in [2.75, 3.05) is 0 Å². The summed E-state index contributed by atoms with van der Waals surface area (Å²) < 4.78 is 0. The largest absolute Gasteiger partial charge is 0.478 e. The molecule has 1 aromatic rings. The van der Waals surface area contributed by atoms with Gasteiger partial charge in [0.1, 0.15) is 5.03 Å². The van der Waals surface area contributed by atoms with E-state index in [4.69, 9.17) is 5.11 Å². The molecule has 0 bridgehead atoms. The summed E-state index contributed by atoms with van der Waals surface area (Å²) in [7, 11) is 0. The van der Waals surface area contributed by atoms with Gasteiger partial charge in [0.15, 0.2) is 0 Å². The molecule has 6 nitrogen and oxygen atoms in total. The minimum atomic E-state index is -1.08. The summed E-state index contributed by atoms with van der Waals surface area (Å²) in [4.78, 5) is 41.3. The average molecular weight is 320 g/mol. The van der Waals surface area contributed by atoms with E-state index in [1.54, 1.807) is 6.07 Å². The first kappa shape index (κ1) is 15.0. The van der Waals surface area contributed by atoms with Gasteiger partial charge in [0.05, 0.1) is 10.8 Å². The molecule has 0 spiro atoms. The van der Waals surface area contributed by atoms with E-state index < -0.39 is 11.2 Å². The third-order valence-corrected chi connectivity index (χ3v) is 5.29.